The van der Waals surface area contributed by atoms with Gasteiger partial charge in [-0.2, -0.15) is 0 Å². The molecule has 5 rings (SSSR count). The van der Waals surface area contributed by atoms with Crippen LogP contribution in [-0.2, 0) is 14.3 Å². The van der Waals surface area contributed by atoms with Crippen LogP contribution in [0, 0.1) is 69.0 Å². The van der Waals surface area contributed by atoms with E-state index in [1.807, 2.05) is 0 Å². The van der Waals surface area contributed by atoms with Gasteiger partial charge in [0.1, 0.15) is 0 Å². The Morgan fingerprint density at radius 3 is 2.21 bits per heavy atom. The van der Waals surface area contributed by atoms with Crippen LogP contribution in [-0.4, -0.2) is 33.1 Å². The molecule has 0 aromatic carbocycles. The van der Waals surface area contributed by atoms with E-state index in [4.69, 9.17) is 4.74 Å². The topological polar surface area (TPSA) is 55.4 Å². The predicted octanol–water partition coefficient (Wildman–Crippen LogP) is 9.36. The average Bonchev–Trinajstić information content (AvgIpc) is 3.31. The van der Waals surface area contributed by atoms with Crippen molar-refractivity contribution < 1.29 is 14.3 Å². The average molecular weight is 614 g/mol. The van der Waals surface area contributed by atoms with Crippen molar-refractivity contribution in [2.45, 2.75) is 145 Å². The summed E-state index contributed by atoms with van der Waals surface area (Å²) in [6.07, 6.45) is 13.0. The van der Waals surface area contributed by atoms with Crippen LogP contribution in [0.25, 0.3) is 0 Å². The van der Waals surface area contributed by atoms with Crippen molar-refractivity contribution in [2.24, 2.45) is 69.0 Å². The molecule has 0 heterocycles. The maximum atomic E-state index is 14.3. The molecule has 0 aliphatic heterocycles. The highest BCUT2D eigenvalue weighted by Crippen LogP contribution is 2.72. The number of hydrogen-bond donors (Lipinski definition) is 1. The predicted molar refractivity (Wildman–Crippen MR) is 180 cm³/mol. The Morgan fingerprint density at radius 1 is 0.860 bits per heavy atom. The van der Waals surface area contributed by atoms with Crippen molar-refractivity contribution in [3.8, 4) is 0 Å². The molecule has 0 bridgehead atoms. The van der Waals surface area contributed by atoms with Gasteiger partial charge in [0.2, 0.25) is 5.91 Å². The molecule has 10 unspecified atom stereocenters. The Labute approximate surface area is 266 Å². The molecule has 1 amide bonds. The highest BCUT2D eigenvalue weighted by atomic mass is 28.3. The number of esters is 1. The number of carbonyl (C=O) groups excluding carboxylic acids is 2. The van der Waals surface area contributed by atoms with Gasteiger partial charge in [0, 0.05) is 14.6 Å². The Morgan fingerprint density at radius 2 is 1.53 bits per heavy atom. The molecule has 5 aliphatic rings. The van der Waals surface area contributed by atoms with E-state index >= 15 is 0 Å². The lowest BCUT2D eigenvalue weighted by Crippen LogP contribution is -2.61. The SMILES string of the molecule is CC1CCC(C)(C)C2CCC3(C)C4CCC5(C(=O)NCCC(=O)OCC[Si](C)(C)C)CCC(C(C)(C)C)C5C4CCC3C12. The molecule has 43 heavy (non-hydrogen) atoms. The first-order valence-corrected chi connectivity index (χ1v) is 22.1. The van der Waals surface area contributed by atoms with Gasteiger partial charge >= 0.3 is 5.97 Å². The van der Waals surface area contributed by atoms with Crippen LogP contribution in [0.2, 0.25) is 25.7 Å². The van der Waals surface area contributed by atoms with Gasteiger partial charge in [-0.05, 0) is 134 Å². The lowest BCUT2D eigenvalue weighted by molar-refractivity contribution is -0.181. The van der Waals surface area contributed by atoms with Gasteiger partial charge in [-0.25, -0.2) is 0 Å². The van der Waals surface area contributed by atoms with Gasteiger partial charge < -0.3 is 10.1 Å². The number of nitrogens with one attached hydrogen (secondary N) is 1. The summed E-state index contributed by atoms with van der Waals surface area (Å²) in [5.74, 6) is 6.00. The van der Waals surface area contributed by atoms with Crippen LogP contribution in [0.3, 0.4) is 0 Å². The lowest BCUT2D eigenvalue weighted by Gasteiger charge is -2.66. The first-order chi connectivity index (χ1) is 19.9. The van der Waals surface area contributed by atoms with Crippen LogP contribution in [0.4, 0.5) is 0 Å². The third kappa shape index (κ3) is 6.17. The minimum absolute atomic E-state index is 0.169. The van der Waals surface area contributed by atoms with Crippen molar-refractivity contribution in [1.29, 1.82) is 0 Å². The fourth-order valence-electron chi connectivity index (χ4n) is 12.2. The summed E-state index contributed by atoms with van der Waals surface area (Å²) in [6.45, 7) is 25.5. The molecule has 5 aliphatic carbocycles. The second kappa shape index (κ2) is 11.7. The van der Waals surface area contributed by atoms with Crippen LogP contribution in [0.5, 0.6) is 0 Å². The summed E-state index contributed by atoms with van der Waals surface area (Å²) in [7, 11) is -1.23. The lowest BCUT2D eigenvalue weighted by atomic mass is 9.38. The second-order valence-corrected chi connectivity index (χ2v) is 25.1. The molecule has 0 radical (unpaired) electrons. The van der Waals surface area contributed by atoms with Crippen LogP contribution in [0.1, 0.15) is 119 Å². The van der Waals surface area contributed by atoms with Crippen molar-refractivity contribution in [3.05, 3.63) is 0 Å². The van der Waals surface area contributed by atoms with Crippen LogP contribution in [0.15, 0.2) is 0 Å². The smallest absolute Gasteiger partial charge is 0.307 e. The van der Waals surface area contributed by atoms with Crippen molar-refractivity contribution >= 4 is 20.0 Å². The van der Waals surface area contributed by atoms with Gasteiger partial charge in [0.25, 0.3) is 0 Å². The molecule has 0 aromatic rings. The zero-order valence-electron chi connectivity index (χ0n) is 29.7. The van der Waals surface area contributed by atoms with E-state index in [0.717, 1.165) is 48.5 Å². The second-order valence-electron chi connectivity index (χ2n) is 19.5. The molecular weight excluding hydrogens is 547 g/mol. The number of carbonyl (C=O) groups is 2. The van der Waals surface area contributed by atoms with E-state index in [-0.39, 0.29) is 29.1 Å². The minimum Gasteiger partial charge on any atom is -0.466 e. The molecule has 1 N–H and O–H groups in total. The first kappa shape index (κ1) is 33.5. The van der Waals surface area contributed by atoms with Gasteiger partial charge in [-0.1, -0.05) is 68.1 Å². The summed E-state index contributed by atoms with van der Waals surface area (Å²) >= 11 is 0. The Hall–Kier alpha value is -0.843. The minimum atomic E-state index is -1.23. The van der Waals surface area contributed by atoms with E-state index in [9.17, 15) is 9.59 Å². The quantitative estimate of drug-likeness (QED) is 0.230. The number of fused-ring (bicyclic) bond motifs is 7. The highest BCUT2D eigenvalue weighted by Gasteiger charge is 2.66. The number of amides is 1. The normalized spacial score (nSPS) is 42.2. The molecular formula is C38H67NO3Si. The van der Waals surface area contributed by atoms with Gasteiger partial charge in [0.15, 0.2) is 0 Å². The summed E-state index contributed by atoms with van der Waals surface area (Å²) < 4.78 is 5.53. The van der Waals surface area contributed by atoms with Gasteiger partial charge in [-0.15, -0.1) is 0 Å². The Balaban J connectivity index is 1.33. The maximum absolute atomic E-state index is 14.3. The Kier molecular flexibility index (Phi) is 9.16. The number of ether oxygens (including phenoxy) is 1. The van der Waals surface area contributed by atoms with E-state index < -0.39 is 8.07 Å². The molecule has 0 spiro atoms. The summed E-state index contributed by atoms with van der Waals surface area (Å²) in [4.78, 5) is 26.7. The van der Waals surface area contributed by atoms with Gasteiger partial charge in [-0.3, -0.25) is 9.59 Å². The van der Waals surface area contributed by atoms with Crippen molar-refractivity contribution in [1.82, 2.24) is 5.32 Å². The number of hydrogen-bond acceptors (Lipinski definition) is 3. The van der Waals surface area contributed by atoms with E-state index in [2.05, 4.69) is 73.4 Å². The van der Waals surface area contributed by atoms with Crippen LogP contribution < -0.4 is 5.32 Å². The molecule has 0 aromatic heterocycles. The summed E-state index contributed by atoms with van der Waals surface area (Å²) in [6, 6.07) is 0.991. The van der Waals surface area contributed by atoms with Crippen molar-refractivity contribution in [3.63, 3.8) is 0 Å². The van der Waals surface area contributed by atoms with E-state index in [1.165, 1.54) is 51.4 Å². The third-order valence-corrected chi connectivity index (χ3v) is 16.2. The molecule has 10 atom stereocenters. The molecule has 246 valence electrons. The zero-order valence-corrected chi connectivity index (χ0v) is 30.7. The first-order valence-electron chi connectivity index (χ1n) is 18.3. The number of rotatable bonds is 7. The monoisotopic (exact) mass is 613 g/mol. The summed E-state index contributed by atoms with van der Waals surface area (Å²) in [5, 5.41) is 3.31. The molecule has 4 nitrogen and oxygen atoms in total. The molecule has 5 heteroatoms. The fourth-order valence-corrected chi connectivity index (χ4v) is 12.9. The van der Waals surface area contributed by atoms with Crippen molar-refractivity contribution in [2.75, 3.05) is 13.2 Å². The van der Waals surface area contributed by atoms with Crippen LogP contribution >= 0.6 is 0 Å². The van der Waals surface area contributed by atoms with E-state index in [1.54, 1.807) is 0 Å². The molecule has 0 saturated heterocycles. The molecule has 5 saturated carbocycles. The van der Waals surface area contributed by atoms with E-state index in [0.29, 0.717) is 41.7 Å². The fraction of sp³-hybridized carbons (Fsp3) is 0.947. The third-order valence-electron chi connectivity index (χ3n) is 14.5. The van der Waals surface area contributed by atoms with Gasteiger partial charge in [0.05, 0.1) is 18.4 Å². The standard InChI is InChI=1S/C38H67NO3Si/c1-25-13-18-36(5,6)28-14-19-37(7)27-15-20-38(34(41)39-22-17-31(40)42-23-24-43(8,9)10)21-16-30(35(2,3)4)33(38)26(27)11-12-29(37)32(25)28/h25-30,32-33H,11-24H2,1-10H3,(H,39,41). The largest absolute Gasteiger partial charge is 0.466 e. The highest BCUT2D eigenvalue weighted by molar-refractivity contribution is 6.76. The maximum Gasteiger partial charge on any atom is 0.307 e. The molecule has 5 fully saturated rings. The zero-order chi connectivity index (χ0) is 31.6. The summed E-state index contributed by atoms with van der Waals surface area (Å²) in [5.41, 5.74) is 0.839. The Bertz CT molecular complexity index is 1040.